The van der Waals surface area contributed by atoms with E-state index < -0.39 is 0 Å². The Labute approximate surface area is 115 Å². The van der Waals surface area contributed by atoms with Gasteiger partial charge >= 0.3 is 6.03 Å². The summed E-state index contributed by atoms with van der Waals surface area (Å²) in [6.07, 6.45) is 8.66. The number of amides is 3. The number of nitrogens with zero attached hydrogens (tertiary/aromatic N) is 1. The van der Waals surface area contributed by atoms with Crippen molar-refractivity contribution in [2.75, 3.05) is 19.6 Å². The molecule has 0 atom stereocenters. The Balaban J connectivity index is 1.59. The third-order valence-corrected chi connectivity index (χ3v) is 4.03. The second-order valence-electron chi connectivity index (χ2n) is 5.57. The van der Waals surface area contributed by atoms with Gasteiger partial charge in [-0.2, -0.15) is 0 Å². The molecule has 0 bridgehead atoms. The van der Waals surface area contributed by atoms with Crippen molar-refractivity contribution in [3.8, 4) is 0 Å². The lowest BCUT2D eigenvalue weighted by molar-refractivity contribution is -0.133. The highest BCUT2D eigenvalue weighted by atomic mass is 16.2. The lowest BCUT2D eigenvalue weighted by Gasteiger charge is -2.27. The van der Waals surface area contributed by atoms with Gasteiger partial charge < -0.3 is 15.5 Å². The molecule has 2 N–H and O–H groups in total. The number of nitrogens with one attached hydrogen (secondary N) is 2. The fraction of sp³-hybridized carbons (Fsp3) is 0.857. The molecule has 1 saturated carbocycles. The molecule has 1 aliphatic heterocycles. The minimum atomic E-state index is -0.0867. The van der Waals surface area contributed by atoms with E-state index in [-0.39, 0.29) is 11.9 Å². The van der Waals surface area contributed by atoms with E-state index in [0.29, 0.717) is 25.6 Å². The predicted octanol–water partition coefficient (Wildman–Crippen LogP) is 1.63. The summed E-state index contributed by atoms with van der Waals surface area (Å²) in [7, 11) is 0. The van der Waals surface area contributed by atoms with Crippen LogP contribution in [-0.4, -0.2) is 42.5 Å². The highest BCUT2D eigenvalue weighted by Gasteiger charge is 2.18. The number of piperidine rings is 1. The van der Waals surface area contributed by atoms with Crippen LogP contribution >= 0.6 is 0 Å². The Morgan fingerprint density at radius 1 is 1.16 bits per heavy atom. The third kappa shape index (κ3) is 4.73. The molecule has 2 fully saturated rings. The molecule has 1 aliphatic carbocycles. The number of hydrogen-bond acceptors (Lipinski definition) is 2. The van der Waals surface area contributed by atoms with Crippen molar-refractivity contribution in [2.45, 2.75) is 57.4 Å². The van der Waals surface area contributed by atoms with Crippen molar-refractivity contribution in [2.24, 2.45) is 0 Å². The number of likely N-dealkylation sites (tertiary alicyclic amines) is 1. The van der Waals surface area contributed by atoms with Crippen molar-refractivity contribution in [3.05, 3.63) is 0 Å². The number of rotatable bonds is 4. The fourth-order valence-electron chi connectivity index (χ4n) is 2.89. The summed E-state index contributed by atoms with van der Waals surface area (Å²) in [4.78, 5) is 25.1. The molecule has 0 aromatic carbocycles. The molecule has 2 aliphatic rings. The van der Waals surface area contributed by atoms with Crippen molar-refractivity contribution in [1.82, 2.24) is 15.5 Å². The van der Waals surface area contributed by atoms with Gasteiger partial charge in [0.05, 0.1) is 0 Å². The zero-order valence-electron chi connectivity index (χ0n) is 11.6. The maximum absolute atomic E-state index is 11.7. The van der Waals surface area contributed by atoms with E-state index in [1.54, 1.807) is 0 Å². The largest absolute Gasteiger partial charge is 0.341 e. The van der Waals surface area contributed by atoms with E-state index in [4.69, 9.17) is 0 Å². The van der Waals surface area contributed by atoms with Crippen molar-refractivity contribution < 1.29 is 9.59 Å². The van der Waals surface area contributed by atoms with E-state index in [9.17, 15) is 9.59 Å². The SMILES string of the molecule is O=C(NCCN1CCCCC1=O)NC1CCCCC1. The molecule has 0 aromatic rings. The molecule has 19 heavy (non-hydrogen) atoms. The summed E-state index contributed by atoms with van der Waals surface area (Å²) in [5.41, 5.74) is 0. The summed E-state index contributed by atoms with van der Waals surface area (Å²) in [5, 5.41) is 5.87. The van der Waals surface area contributed by atoms with Gasteiger partial charge in [0.15, 0.2) is 0 Å². The first-order valence-corrected chi connectivity index (χ1v) is 7.58. The van der Waals surface area contributed by atoms with E-state index in [2.05, 4.69) is 10.6 Å². The molecular formula is C14H25N3O2. The zero-order valence-corrected chi connectivity index (χ0v) is 11.6. The average molecular weight is 267 g/mol. The van der Waals surface area contributed by atoms with Crippen LogP contribution in [-0.2, 0) is 4.79 Å². The molecule has 5 nitrogen and oxygen atoms in total. The summed E-state index contributed by atoms with van der Waals surface area (Å²) < 4.78 is 0. The summed E-state index contributed by atoms with van der Waals surface area (Å²) >= 11 is 0. The van der Waals surface area contributed by atoms with E-state index in [0.717, 1.165) is 32.2 Å². The molecule has 0 aromatic heterocycles. The number of carbonyl (C=O) groups excluding carboxylic acids is 2. The predicted molar refractivity (Wildman–Crippen MR) is 73.8 cm³/mol. The minimum Gasteiger partial charge on any atom is -0.341 e. The Kier molecular flexibility index (Phi) is 5.48. The van der Waals surface area contributed by atoms with Crippen LogP contribution in [0.1, 0.15) is 51.4 Å². The maximum atomic E-state index is 11.7. The van der Waals surface area contributed by atoms with Crippen LogP contribution in [0.5, 0.6) is 0 Å². The van der Waals surface area contributed by atoms with Gasteiger partial charge in [0.2, 0.25) is 5.91 Å². The number of hydrogen-bond donors (Lipinski definition) is 2. The number of urea groups is 1. The van der Waals surface area contributed by atoms with Gasteiger partial charge in [-0.3, -0.25) is 4.79 Å². The Morgan fingerprint density at radius 2 is 1.95 bits per heavy atom. The van der Waals surface area contributed by atoms with Gasteiger partial charge in [0.1, 0.15) is 0 Å². The van der Waals surface area contributed by atoms with Gasteiger partial charge in [-0.1, -0.05) is 19.3 Å². The molecule has 0 radical (unpaired) electrons. The Hall–Kier alpha value is -1.26. The molecule has 5 heteroatoms. The van der Waals surface area contributed by atoms with Crippen LogP contribution in [0.3, 0.4) is 0 Å². The van der Waals surface area contributed by atoms with Crippen molar-refractivity contribution in [1.29, 1.82) is 0 Å². The zero-order chi connectivity index (χ0) is 13.5. The van der Waals surface area contributed by atoms with Crippen LogP contribution in [0.25, 0.3) is 0 Å². The molecule has 0 spiro atoms. The van der Waals surface area contributed by atoms with Gasteiger partial charge in [0.25, 0.3) is 0 Å². The molecule has 1 saturated heterocycles. The average Bonchev–Trinajstić information content (AvgIpc) is 2.42. The monoisotopic (exact) mass is 267 g/mol. The molecule has 3 amide bonds. The minimum absolute atomic E-state index is 0.0867. The standard InChI is InChI=1S/C14H25N3O2/c18-13-8-4-5-10-17(13)11-9-15-14(19)16-12-6-2-1-3-7-12/h12H,1-11H2,(H2,15,16,19). The Bertz CT molecular complexity index is 314. The normalized spacial score (nSPS) is 21.3. The summed E-state index contributed by atoms with van der Waals surface area (Å²) in [6, 6.07) is 0.252. The highest BCUT2D eigenvalue weighted by molar-refractivity contribution is 5.77. The molecule has 2 rings (SSSR count). The number of carbonyl (C=O) groups is 2. The van der Waals surface area contributed by atoms with Crippen molar-refractivity contribution in [3.63, 3.8) is 0 Å². The molecule has 0 unspecified atom stereocenters. The van der Waals surface area contributed by atoms with Gasteiger partial charge in [-0.25, -0.2) is 4.79 Å². The third-order valence-electron chi connectivity index (χ3n) is 4.03. The van der Waals surface area contributed by atoms with Crippen LogP contribution in [0.15, 0.2) is 0 Å². The van der Waals surface area contributed by atoms with Crippen LogP contribution in [0, 0.1) is 0 Å². The van der Waals surface area contributed by atoms with Crippen LogP contribution < -0.4 is 10.6 Å². The van der Waals surface area contributed by atoms with Crippen LogP contribution in [0.2, 0.25) is 0 Å². The van der Waals surface area contributed by atoms with E-state index in [1.165, 1.54) is 19.3 Å². The first-order chi connectivity index (χ1) is 9.25. The van der Waals surface area contributed by atoms with Gasteiger partial charge in [0, 0.05) is 32.1 Å². The Morgan fingerprint density at radius 3 is 2.68 bits per heavy atom. The highest BCUT2D eigenvalue weighted by Crippen LogP contribution is 2.17. The summed E-state index contributed by atoms with van der Waals surface area (Å²) in [5.74, 6) is 0.223. The summed E-state index contributed by atoms with van der Waals surface area (Å²) in [6.45, 7) is 2.02. The maximum Gasteiger partial charge on any atom is 0.315 e. The first-order valence-electron chi connectivity index (χ1n) is 7.58. The fourth-order valence-corrected chi connectivity index (χ4v) is 2.89. The topological polar surface area (TPSA) is 61.4 Å². The smallest absolute Gasteiger partial charge is 0.315 e. The second kappa shape index (κ2) is 7.36. The first kappa shape index (κ1) is 14.2. The molecule has 108 valence electrons. The lowest BCUT2D eigenvalue weighted by atomic mass is 9.96. The molecule has 1 heterocycles. The van der Waals surface area contributed by atoms with Gasteiger partial charge in [-0.05, 0) is 25.7 Å². The van der Waals surface area contributed by atoms with Gasteiger partial charge in [-0.15, -0.1) is 0 Å². The van der Waals surface area contributed by atoms with Crippen LogP contribution in [0.4, 0.5) is 4.79 Å². The molecular weight excluding hydrogens is 242 g/mol. The quantitative estimate of drug-likeness (QED) is 0.813. The van der Waals surface area contributed by atoms with Crippen molar-refractivity contribution >= 4 is 11.9 Å². The van der Waals surface area contributed by atoms with E-state index >= 15 is 0 Å². The lowest BCUT2D eigenvalue weighted by Crippen LogP contribution is -2.46. The van der Waals surface area contributed by atoms with E-state index in [1.807, 2.05) is 4.90 Å². The second-order valence-corrected chi connectivity index (χ2v) is 5.57.